The highest BCUT2D eigenvalue weighted by Crippen LogP contribution is 2.13. The third-order valence-corrected chi connectivity index (χ3v) is 3.24. The van der Waals surface area contributed by atoms with E-state index in [1.807, 2.05) is 26.4 Å². The summed E-state index contributed by atoms with van der Waals surface area (Å²) in [6.45, 7) is 1.72. The van der Waals surface area contributed by atoms with E-state index >= 15 is 0 Å². The maximum absolute atomic E-state index is 12.0. The van der Waals surface area contributed by atoms with Gasteiger partial charge in [-0.3, -0.25) is 9.48 Å². The minimum atomic E-state index is -0.0845. The van der Waals surface area contributed by atoms with Crippen molar-refractivity contribution in [2.24, 2.45) is 13.0 Å². The molecule has 2 atom stereocenters. The third kappa shape index (κ3) is 3.08. The number of aromatic nitrogens is 2. The molecule has 1 aromatic heterocycles. The summed E-state index contributed by atoms with van der Waals surface area (Å²) in [4.78, 5) is 12.0. The molecular weight excluding hydrogens is 232 g/mol. The van der Waals surface area contributed by atoms with Gasteiger partial charge in [-0.15, -0.1) is 0 Å². The lowest BCUT2D eigenvalue weighted by atomic mass is 10.0. The van der Waals surface area contributed by atoms with E-state index in [1.54, 1.807) is 4.68 Å². The Balaban J connectivity index is 1.74. The zero-order valence-electron chi connectivity index (χ0n) is 10.8. The topological polar surface area (TPSA) is 68.2 Å². The molecule has 6 nitrogen and oxygen atoms in total. The first-order valence-electron chi connectivity index (χ1n) is 6.22. The van der Waals surface area contributed by atoms with Gasteiger partial charge in [0.1, 0.15) is 0 Å². The Hall–Kier alpha value is -1.40. The molecule has 1 fully saturated rings. The smallest absolute Gasteiger partial charge is 0.227 e. The third-order valence-electron chi connectivity index (χ3n) is 3.24. The first-order chi connectivity index (χ1) is 8.70. The Morgan fingerprint density at radius 1 is 1.61 bits per heavy atom. The number of hydrogen-bond acceptors (Lipinski definition) is 4. The minimum Gasteiger partial charge on any atom is -0.379 e. The number of hydrogen-bond donors (Lipinski definition) is 2. The molecule has 18 heavy (non-hydrogen) atoms. The maximum atomic E-state index is 12.0. The molecular formula is C12H20N4O2. The highest BCUT2D eigenvalue weighted by Gasteiger charge is 2.32. The number of ether oxygens (including phenoxy) is 1. The van der Waals surface area contributed by atoms with Gasteiger partial charge in [0, 0.05) is 32.3 Å². The lowest BCUT2D eigenvalue weighted by Gasteiger charge is -2.16. The van der Waals surface area contributed by atoms with Crippen LogP contribution in [0.15, 0.2) is 12.3 Å². The van der Waals surface area contributed by atoms with Crippen LogP contribution in [0.5, 0.6) is 0 Å². The molecule has 1 aromatic rings. The molecule has 0 aromatic carbocycles. The largest absolute Gasteiger partial charge is 0.379 e. The van der Waals surface area contributed by atoms with Gasteiger partial charge in [-0.05, 0) is 13.1 Å². The molecule has 0 radical (unpaired) electrons. The lowest BCUT2D eigenvalue weighted by Crippen LogP contribution is -2.43. The van der Waals surface area contributed by atoms with E-state index in [9.17, 15) is 4.79 Å². The summed E-state index contributed by atoms with van der Waals surface area (Å²) < 4.78 is 7.07. The predicted molar refractivity (Wildman–Crippen MR) is 67.1 cm³/mol. The van der Waals surface area contributed by atoms with Crippen molar-refractivity contribution in [2.75, 3.05) is 26.8 Å². The summed E-state index contributed by atoms with van der Waals surface area (Å²) in [5.74, 6) is -0.0264. The van der Waals surface area contributed by atoms with Crippen molar-refractivity contribution < 1.29 is 9.53 Å². The fourth-order valence-corrected chi connectivity index (χ4v) is 2.14. The molecule has 1 amide bonds. The zero-order chi connectivity index (χ0) is 13.0. The van der Waals surface area contributed by atoms with E-state index in [0.29, 0.717) is 19.8 Å². The highest BCUT2D eigenvalue weighted by molar-refractivity contribution is 5.79. The van der Waals surface area contributed by atoms with Crippen molar-refractivity contribution in [2.45, 2.75) is 12.5 Å². The van der Waals surface area contributed by atoms with Crippen LogP contribution in [0, 0.1) is 5.92 Å². The van der Waals surface area contributed by atoms with Gasteiger partial charge in [0.05, 0.1) is 24.8 Å². The van der Waals surface area contributed by atoms with Crippen LogP contribution >= 0.6 is 0 Å². The summed E-state index contributed by atoms with van der Waals surface area (Å²) in [6.07, 6.45) is 2.66. The van der Waals surface area contributed by atoms with Crippen LogP contribution in [0.25, 0.3) is 0 Å². The average Bonchev–Trinajstić information content (AvgIpc) is 2.97. The Bertz CT molecular complexity index is 405. The number of carbonyl (C=O) groups excluding carboxylic acids is 1. The van der Waals surface area contributed by atoms with Crippen molar-refractivity contribution >= 4 is 5.91 Å². The van der Waals surface area contributed by atoms with Gasteiger partial charge >= 0.3 is 0 Å². The van der Waals surface area contributed by atoms with E-state index in [4.69, 9.17) is 4.74 Å². The molecule has 2 rings (SSSR count). The van der Waals surface area contributed by atoms with E-state index in [2.05, 4.69) is 15.7 Å². The SMILES string of the molecule is CNC1COCC1C(=O)NCCc1ccn(C)n1. The summed E-state index contributed by atoms with van der Waals surface area (Å²) >= 11 is 0. The van der Waals surface area contributed by atoms with Gasteiger partial charge < -0.3 is 15.4 Å². The molecule has 2 unspecified atom stereocenters. The predicted octanol–water partition coefficient (Wildman–Crippen LogP) is -0.687. The van der Waals surface area contributed by atoms with Crippen molar-refractivity contribution in [3.05, 3.63) is 18.0 Å². The van der Waals surface area contributed by atoms with Crippen LogP contribution in [0.2, 0.25) is 0 Å². The first-order valence-corrected chi connectivity index (χ1v) is 6.22. The molecule has 2 N–H and O–H groups in total. The van der Waals surface area contributed by atoms with Crippen molar-refractivity contribution in [1.29, 1.82) is 0 Å². The normalized spacial score (nSPS) is 23.2. The quantitative estimate of drug-likeness (QED) is 0.728. The minimum absolute atomic E-state index is 0.0581. The number of nitrogens with one attached hydrogen (secondary N) is 2. The van der Waals surface area contributed by atoms with Gasteiger partial charge in [-0.2, -0.15) is 5.10 Å². The summed E-state index contributed by atoms with van der Waals surface area (Å²) in [5.41, 5.74) is 0.991. The number of aryl methyl sites for hydroxylation is 1. The van der Waals surface area contributed by atoms with E-state index in [-0.39, 0.29) is 17.9 Å². The Labute approximate surface area is 107 Å². The fraction of sp³-hybridized carbons (Fsp3) is 0.667. The molecule has 0 aliphatic carbocycles. The number of carbonyl (C=O) groups is 1. The standard InChI is InChI=1S/C12H20N4O2/c1-13-11-8-18-7-10(11)12(17)14-5-3-9-4-6-16(2)15-9/h4,6,10-11,13H,3,5,7-8H2,1-2H3,(H,14,17). The molecule has 1 aliphatic rings. The van der Waals surface area contributed by atoms with Crippen molar-refractivity contribution in [3.63, 3.8) is 0 Å². The van der Waals surface area contributed by atoms with Crippen LogP contribution in [-0.2, 0) is 23.0 Å². The molecule has 0 saturated carbocycles. The number of nitrogens with zero attached hydrogens (tertiary/aromatic N) is 2. The Morgan fingerprint density at radius 2 is 2.44 bits per heavy atom. The van der Waals surface area contributed by atoms with Gasteiger partial charge in [0.2, 0.25) is 5.91 Å². The van der Waals surface area contributed by atoms with Gasteiger partial charge in [-0.1, -0.05) is 0 Å². The number of amides is 1. The van der Waals surface area contributed by atoms with Crippen LogP contribution in [0.1, 0.15) is 5.69 Å². The monoisotopic (exact) mass is 252 g/mol. The van der Waals surface area contributed by atoms with E-state index in [1.165, 1.54) is 0 Å². The molecule has 1 saturated heterocycles. The molecule has 2 heterocycles. The summed E-state index contributed by atoms with van der Waals surface area (Å²) in [7, 11) is 3.74. The molecule has 0 spiro atoms. The molecule has 100 valence electrons. The van der Waals surface area contributed by atoms with E-state index in [0.717, 1.165) is 12.1 Å². The van der Waals surface area contributed by atoms with Crippen LogP contribution in [-0.4, -0.2) is 48.5 Å². The average molecular weight is 252 g/mol. The number of likely N-dealkylation sites (N-methyl/N-ethyl adjacent to an activating group) is 1. The first kappa shape index (κ1) is 13.0. The van der Waals surface area contributed by atoms with Crippen LogP contribution in [0.3, 0.4) is 0 Å². The Kier molecular flexibility index (Phi) is 4.33. The second-order valence-electron chi connectivity index (χ2n) is 4.56. The maximum Gasteiger partial charge on any atom is 0.227 e. The zero-order valence-corrected chi connectivity index (χ0v) is 10.8. The summed E-state index contributed by atoms with van der Waals surface area (Å²) in [6, 6.07) is 2.08. The number of rotatable bonds is 5. The van der Waals surface area contributed by atoms with Crippen LogP contribution in [0.4, 0.5) is 0 Å². The second-order valence-corrected chi connectivity index (χ2v) is 4.56. The highest BCUT2D eigenvalue weighted by atomic mass is 16.5. The molecule has 6 heteroatoms. The second kappa shape index (κ2) is 5.97. The van der Waals surface area contributed by atoms with E-state index < -0.39 is 0 Å². The summed E-state index contributed by atoms with van der Waals surface area (Å²) in [5, 5.41) is 10.3. The van der Waals surface area contributed by atoms with Crippen molar-refractivity contribution in [1.82, 2.24) is 20.4 Å². The molecule has 0 bridgehead atoms. The van der Waals surface area contributed by atoms with Crippen molar-refractivity contribution in [3.8, 4) is 0 Å². The van der Waals surface area contributed by atoms with Gasteiger partial charge in [-0.25, -0.2) is 0 Å². The lowest BCUT2D eigenvalue weighted by molar-refractivity contribution is -0.125. The van der Waals surface area contributed by atoms with Crippen LogP contribution < -0.4 is 10.6 Å². The molecule has 1 aliphatic heterocycles. The Morgan fingerprint density at radius 3 is 3.11 bits per heavy atom. The fourth-order valence-electron chi connectivity index (χ4n) is 2.14. The van der Waals surface area contributed by atoms with Gasteiger partial charge in [0.25, 0.3) is 0 Å². The van der Waals surface area contributed by atoms with Gasteiger partial charge in [0.15, 0.2) is 0 Å².